The lowest BCUT2D eigenvalue weighted by Crippen LogP contribution is -2.63. The molecular weight excluding hydrogens is 254 g/mol. The van der Waals surface area contributed by atoms with Crippen molar-refractivity contribution in [3.8, 4) is 0 Å². The lowest BCUT2D eigenvalue weighted by atomic mass is 9.26. The molecule has 0 spiro atoms. The van der Waals surface area contributed by atoms with Crippen LogP contribution in [0.5, 0.6) is 0 Å². The van der Waals surface area contributed by atoms with E-state index in [1.807, 2.05) is 0 Å². The van der Waals surface area contributed by atoms with E-state index in [-0.39, 0.29) is 0 Å². The van der Waals surface area contributed by atoms with Crippen LogP contribution in [0.3, 0.4) is 0 Å². The Kier molecular flexibility index (Phi) is 6.06. The van der Waals surface area contributed by atoms with Gasteiger partial charge in [0.2, 0.25) is 7.41 Å². The van der Waals surface area contributed by atoms with Gasteiger partial charge in [0.25, 0.3) is 0 Å². The smallest absolute Gasteiger partial charge is 0.231 e. The van der Waals surface area contributed by atoms with Crippen molar-refractivity contribution in [3.63, 3.8) is 0 Å². The van der Waals surface area contributed by atoms with E-state index in [1.54, 1.807) is 0 Å². The molecule has 0 aromatic rings. The van der Waals surface area contributed by atoms with E-state index >= 15 is 0 Å². The minimum atomic E-state index is 0.384. The highest BCUT2D eigenvalue weighted by Gasteiger charge is 2.46. The van der Waals surface area contributed by atoms with Gasteiger partial charge >= 0.3 is 0 Å². The minimum absolute atomic E-state index is 0.384. The molecule has 0 radical (unpaired) electrons. The fourth-order valence-corrected chi connectivity index (χ4v) is 3.53. The zero-order valence-corrected chi connectivity index (χ0v) is 16.3. The van der Waals surface area contributed by atoms with Gasteiger partial charge in [-0.15, -0.1) is 0 Å². The molecule has 21 heavy (non-hydrogen) atoms. The van der Waals surface area contributed by atoms with Crippen molar-refractivity contribution < 1.29 is 0 Å². The van der Waals surface area contributed by atoms with Crippen LogP contribution in [0.25, 0.3) is 0 Å². The molecule has 1 fully saturated rings. The Morgan fingerprint density at radius 3 is 2.00 bits per heavy atom. The molecule has 0 bridgehead atoms. The molecule has 1 heterocycles. The van der Waals surface area contributed by atoms with Crippen molar-refractivity contribution in [1.82, 2.24) is 9.93 Å². The number of hydrazine groups is 1. The molecule has 1 unspecified atom stereocenters. The van der Waals surface area contributed by atoms with Gasteiger partial charge in [-0.3, -0.25) is 9.93 Å². The van der Waals surface area contributed by atoms with Crippen LogP contribution >= 0.6 is 0 Å². The highest BCUT2D eigenvalue weighted by atomic mass is 15.6. The summed E-state index contributed by atoms with van der Waals surface area (Å²) in [7, 11) is 3.50. The maximum absolute atomic E-state index is 2.55. The van der Waals surface area contributed by atoms with Gasteiger partial charge in [0.1, 0.15) is 0 Å². The quantitative estimate of drug-likeness (QED) is 0.648. The molecule has 4 heteroatoms. The fourth-order valence-electron chi connectivity index (χ4n) is 3.53. The van der Waals surface area contributed by atoms with E-state index in [4.69, 9.17) is 0 Å². The monoisotopic (exact) mass is 292 g/mol. The summed E-state index contributed by atoms with van der Waals surface area (Å²) in [6.07, 6.45) is 1.18. The predicted molar refractivity (Wildman–Crippen MR) is 99.4 cm³/mol. The number of nitrogens with zero attached hydrogens (tertiary/aromatic N) is 2. The van der Waals surface area contributed by atoms with Crippen molar-refractivity contribution in [2.45, 2.75) is 78.8 Å². The zero-order chi connectivity index (χ0) is 16.6. The second kappa shape index (κ2) is 6.66. The Morgan fingerprint density at radius 1 is 1.19 bits per heavy atom. The van der Waals surface area contributed by atoms with Gasteiger partial charge in [-0.1, -0.05) is 73.4 Å². The van der Waals surface area contributed by atoms with Crippen LogP contribution in [0.15, 0.2) is 0 Å². The summed E-state index contributed by atoms with van der Waals surface area (Å²) in [4.78, 5) is 2.55. The first-order chi connectivity index (χ1) is 9.41. The van der Waals surface area contributed by atoms with E-state index in [0.717, 1.165) is 24.4 Å². The molecule has 0 aromatic heterocycles. The van der Waals surface area contributed by atoms with Crippen molar-refractivity contribution in [1.29, 1.82) is 0 Å². The maximum atomic E-state index is 2.55. The minimum Gasteiger partial charge on any atom is -0.286 e. The van der Waals surface area contributed by atoms with Crippen molar-refractivity contribution >= 4 is 14.1 Å². The maximum Gasteiger partial charge on any atom is 0.231 e. The van der Waals surface area contributed by atoms with Gasteiger partial charge in [0.05, 0.1) is 0 Å². The van der Waals surface area contributed by atoms with Crippen molar-refractivity contribution in [2.75, 3.05) is 20.0 Å². The van der Waals surface area contributed by atoms with Crippen LogP contribution in [0.4, 0.5) is 0 Å². The Balaban J connectivity index is 2.66. The van der Waals surface area contributed by atoms with Gasteiger partial charge in [-0.25, -0.2) is 0 Å². The highest BCUT2D eigenvalue weighted by molar-refractivity contribution is 6.63. The third-order valence-electron chi connectivity index (χ3n) is 6.67. The Bertz CT molecular complexity index is 334. The third-order valence-corrected chi connectivity index (χ3v) is 6.67. The first kappa shape index (κ1) is 19.1. The van der Waals surface area contributed by atoms with E-state index in [1.165, 1.54) is 20.4 Å². The van der Waals surface area contributed by atoms with E-state index in [2.05, 4.69) is 79.3 Å². The molecule has 1 aliphatic rings. The summed E-state index contributed by atoms with van der Waals surface area (Å²) in [6.45, 7) is 23.5. The Hall–Kier alpha value is 0.0499. The van der Waals surface area contributed by atoms with Gasteiger partial charge in [0.15, 0.2) is 6.71 Å². The highest BCUT2D eigenvalue weighted by Crippen LogP contribution is 2.45. The first-order valence-electron chi connectivity index (χ1n) is 8.87. The topological polar surface area (TPSA) is 6.48 Å². The summed E-state index contributed by atoms with van der Waals surface area (Å²) < 4.78 is 0. The summed E-state index contributed by atoms with van der Waals surface area (Å²) in [5.41, 5.74) is 0. The van der Waals surface area contributed by atoms with E-state index in [0.29, 0.717) is 10.6 Å². The Morgan fingerprint density at radius 2 is 1.67 bits per heavy atom. The predicted octanol–water partition coefficient (Wildman–Crippen LogP) is 4.22. The molecule has 0 amide bonds. The molecule has 1 atom stereocenters. The number of rotatable bonds is 7. The molecule has 122 valence electrons. The second-order valence-corrected chi connectivity index (χ2v) is 9.30. The second-order valence-electron chi connectivity index (χ2n) is 9.30. The van der Waals surface area contributed by atoms with Crippen LogP contribution < -0.4 is 0 Å². The third kappa shape index (κ3) is 4.07. The molecule has 1 rings (SSSR count). The van der Waals surface area contributed by atoms with Crippen LogP contribution in [0.2, 0.25) is 16.4 Å². The molecule has 0 saturated carbocycles. The van der Waals surface area contributed by atoms with Gasteiger partial charge in [-0.2, -0.15) is 0 Å². The number of hydrogen-bond acceptors (Lipinski definition) is 2. The zero-order valence-electron chi connectivity index (χ0n) is 16.3. The molecule has 2 nitrogen and oxygen atoms in total. The normalized spacial score (nSPS) is 23.9. The molecule has 1 saturated heterocycles. The van der Waals surface area contributed by atoms with Crippen LogP contribution in [-0.2, 0) is 0 Å². The lowest BCUT2D eigenvalue weighted by Gasteiger charge is -2.54. The van der Waals surface area contributed by atoms with E-state index in [9.17, 15) is 0 Å². The average molecular weight is 292 g/mol. The number of hydrogen-bond donors (Lipinski definition) is 0. The molecule has 1 aliphatic heterocycles. The standard InChI is InChI=1S/C17H38B2N2/c1-13(2)16(7,8)19(15(5)6)12-20(10)21-11-17(9,18-21)14(3)4/h13-15,18H,11-12H2,1-10H3. The summed E-state index contributed by atoms with van der Waals surface area (Å²) in [6, 6.07) is 0. The van der Waals surface area contributed by atoms with E-state index < -0.39 is 0 Å². The molecule has 0 N–H and O–H groups in total. The fraction of sp³-hybridized carbons (Fsp3) is 1.00. The summed E-state index contributed by atoms with van der Waals surface area (Å²) in [5, 5.41) is 3.39. The van der Waals surface area contributed by atoms with Crippen LogP contribution in [0, 0.1) is 11.8 Å². The average Bonchev–Trinajstić information content (AvgIpc) is 2.30. The molecular formula is C17H38B2N2. The lowest BCUT2D eigenvalue weighted by molar-refractivity contribution is 0.0432. The SMILES string of the molecule is CC(C)B(CN(C)N1BC(C)(C(C)C)C1)C(C)(C)C(C)C. The van der Waals surface area contributed by atoms with Crippen molar-refractivity contribution in [3.05, 3.63) is 0 Å². The van der Waals surface area contributed by atoms with Crippen LogP contribution in [-0.4, -0.2) is 44.1 Å². The molecule has 0 aliphatic carbocycles. The van der Waals surface area contributed by atoms with Gasteiger partial charge < -0.3 is 0 Å². The summed E-state index contributed by atoms with van der Waals surface area (Å²) >= 11 is 0. The van der Waals surface area contributed by atoms with Crippen LogP contribution in [0.1, 0.15) is 62.3 Å². The largest absolute Gasteiger partial charge is 0.286 e. The van der Waals surface area contributed by atoms with Gasteiger partial charge in [-0.05, 0) is 30.6 Å². The first-order valence-corrected chi connectivity index (χ1v) is 8.87. The van der Waals surface area contributed by atoms with Gasteiger partial charge in [0, 0.05) is 6.54 Å². The Labute approximate surface area is 135 Å². The van der Waals surface area contributed by atoms with Crippen molar-refractivity contribution in [2.24, 2.45) is 11.8 Å². The molecule has 0 aromatic carbocycles. The summed E-state index contributed by atoms with van der Waals surface area (Å²) in [5.74, 6) is 2.22.